The molecule has 6 fully saturated rings. The number of aliphatic hydroxyl groups excluding tert-OH is 4. The summed E-state index contributed by atoms with van der Waals surface area (Å²) in [5.41, 5.74) is 0.0624. The first-order valence-electron chi connectivity index (χ1n) is 19.7. The Balaban J connectivity index is 1.05. The van der Waals surface area contributed by atoms with Crippen LogP contribution >= 0.6 is 0 Å². The fourth-order valence-corrected chi connectivity index (χ4v) is 8.91. The highest BCUT2D eigenvalue weighted by Crippen LogP contribution is 2.62. The number of rotatable bonds is 10. The maximum absolute atomic E-state index is 14.0. The minimum absolute atomic E-state index is 0.131. The van der Waals surface area contributed by atoms with Crippen molar-refractivity contribution < 1.29 is 87.0 Å². The maximum atomic E-state index is 14.0. The number of carbonyl (C=O) groups is 4. The second-order valence-electron chi connectivity index (χ2n) is 16.0. The fraction of sp³-hybridized carbons (Fsp3) is 0.700. The number of esters is 4. The molecule has 58 heavy (non-hydrogen) atoms. The zero-order valence-corrected chi connectivity index (χ0v) is 32.7. The van der Waals surface area contributed by atoms with Gasteiger partial charge in [-0.25, -0.2) is 4.79 Å². The van der Waals surface area contributed by atoms with E-state index < -0.39 is 121 Å². The number of fused-ring (bicyclic) bond motifs is 3. The third-order valence-electron chi connectivity index (χ3n) is 12.0. The van der Waals surface area contributed by atoms with Crippen LogP contribution in [0.3, 0.4) is 0 Å². The van der Waals surface area contributed by atoms with Crippen molar-refractivity contribution in [1.29, 1.82) is 0 Å². The Bertz CT molecular complexity index is 1680. The average molecular weight is 821 g/mol. The summed E-state index contributed by atoms with van der Waals surface area (Å²) in [7, 11) is 0. The van der Waals surface area contributed by atoms with E-state index in [-0.39, 0.29) is 31.3 Å². The molecule has 0 aromatic heterocycles. The van der Waals surface area contributed by atoms with Crippen molar-refractivity contribution in [3.63, 3.8) is 0 Å². The summed E-state index contributed by atoms with van der Waals surface area (Å²) < 4.78 is 59.1. The quantitative estimate of drug-likeness (QED) is 0.107. The van der Waals surface area contributed by atoms with E-state index >= 15 is 0 Å². The highest BCUT2D eigenvalue weighted by molar-refractivity contribution is 5.87. The molecule has 18 heteroatoms. The van der Waals surface area contributed by atoms with Gasteiger partial charge in [0.1, 0.15) is 30.5 Å². The number of carbonyl (C=O) groups excluding carboxylic acids is 4. The summed E-state index contributed by atoms with van der Waals surface area (Å²) in [6, 6.07) is 9.38. The molecule has 1 aliphatic carbocycles. The van der Waals surface area contributed by atoms with Crippen molar-refractivity contribution in [2.75, 3.05) is 19.8 Å². The molecule has 1 aromatic rings. The maximum Gasteiger partial charge on any atom is 0.331 e. The van der Waals surface area contributed by atoms with Crippen LogP contribution in [-0.4, -0.2) is 149 Å². The Morgan fingerprint density at radius 3 is 2.22 bits per heavy atom. The number of benzene rings is 1. The highest BCUT2D eigenvalue weighted by Gasteiger charge is 2.76. The van der Waals surface area contributed by atoms with E-state index in [1.807, 2.05) is 37.3 Å². The number of ether oxygens (including phenoxy) is 10. The first-order chi connectivity index (χ1) is 27.6. The molecule has 18 nitrogen and oxygen atoms in total. The van der Waals surface area contributed by atoms with Crippen LogP contribution in [-0.2, 0) is 66.5 Å². The molecule has 1 aromatic carbocycles. The third kappa shape index (κ3) is 8.41. The number of hydrogen-bond donors (Lipinski definition) is 4. The standard InChI is InChI=1S/C40H52O18/c1-19-17-49-40(15-27(19)54-29(44)13-10-23-8-6-5-7-9-23)39(18-50-39)25-12-11-24(14-26(25)58-40)36(48)57-38-35(34(53-22(4)43)31(46)28(16-41)55-38)56-37-32(47)33(52-21(3)42)30(45)20(2)51-37/h5-10,13,19-20,24-28,30-35,37-38,41,45-47H,11-12,14-18H2,1-4H3/b13-10+/t19-,20-,24+,25+,26-,27+,28+,30-,31+,32-,33+,34-,35+,37+,38+,39+,40+/m1/s1. The Hall–Kier alpha value is -3.56. The fourth-order valence-electron chi connectivity index (χ4n) is 8.91. The minimum Gasteiger partial charge on any atom is -0.459 e. The van der Waals surface area contributed by atoms with Gasteiger partial charge in [0.25, 0.3) is 0 Å². The van der Waals surface area contributed by atoms with Gasteiger partial charge < -0.3 is 67.8 Å². The SMILES string of the molecule is CC(=O)O[C@@H]1[C@@H](O)[C@H](O[C@@H]2[C@H](OC(=O)[C@H]3CC[C@H]4[C@@H](C3)O[C@@]3(C[C@H](OC(=O)/C=C/c5ccccc5)[C@H](C)CO3)[C@]43CO3)O[C@@H](CO)[C@H](O)[C@H]2OC(C)=O)O[C@H](C)[C@H]1O. The third-order valence-corrected chi connectivity index (χ3v) is 12.0. The monoisotopic (exact) mass is 820 g/mol. The molecule has 17 atom stereocenters. The molecule has 0 unspecified atom stereocenters. The highest BCUT2D eigenvalue weighted by atomic mass is 16.8. The molecule has 5 saturated heterocycles. The van der Waals surface area contributed by atoms with Crippen LogP contribution in [0.25, 0.3) is 6.08 Å². The van der Waals surface area contributed by atoms with Gasteiger partial charge in [-0.2, -0.15) is 0 Å². The van der Waals surface area contributed by atoms with Crippen LogP contribution in [0, 0.1) is 17.8 Å². The zero-order chi connectivity index (χ0) is 41.5. The van der Waals surface area contributed by atoms with E-state index in [0.717, 1.165) is 19.4 Å². The number of epoxide rings is 1. The van der Waals surface area contributed by atoms with Gasteiger partial charge in [0.15, 0.2) is 30.2 Å². The second kappa shape index (κ2) is 17.2. The van der Waals surface area contributed by atoms with E-state index in [2.05, 4.69) is 0 Å². The Morgan fingerprint density at radius 2 is 1.55 bits per heavy atom. The molecule has 5 aliphatic heterocycles. The average Bonchev–Trinajstić information content (AvgIpc) is 3.96. The van der Waals surface area contributed by atoms with Crippen molar-refractivity contribution in [2.24, 2.45) is 17.8 Å². The molecule has 6 aliphatic rings. The molecular weight excluding hydrogens is 768 g/mol. The van der Waals surface area contributed by atoms with Crippen LogP contribution < -0.4 is 0 Å². The van der Waals surface area contributed by atoms with Crippen LogP contribution in [0.2, 0.25) is 0 Å². The van der Waals surface area contributed by atoms with Crippen LogP contribution in [0.1, 0.15) is 58.9 Å². The summed E-state index contributed by atoms with van der Waals surface area (Å²) in [6.07, 6.45) is -12.2. The molecule has 0 radical (unpaired) electrons. The summed E-state index contributed by atoms with van der Waals surface area (Å²) in [6.45, 7) is 5.39. The van der Waals surface area contributed by atoms with Gasteiger partial charge in [-0.3, -0.25) is 14.4 Å². The van der Waals surface area contributed by atoms with E-state index in [1.54, 1.807) is 6.08 Å². The van der Waals surface area contributed by atoms with Crippen LogP contribution in [0.15, 0.2) is 36.4 Å². The first kappa shape index (κ1) is 42.6. The topological polar surface area (TPSA) is 245 Å². The molecule has 0 bridgehead atoms. The smallest absolute Gasteiger partial charge is 0.331 e. The van der Waals surface area contributed by atoms with Gasteiger partial charge in [-0.15, -0.1) is 0 Å². The first-order valence-corrected chi connectivity index (χ1v) is 19.7. The van der Waals surface area contributed by atoms with E-state index in [9.17, 15) is 39.6 Å². The van der Waals surface area contributed by atoms with Crippen molar-refractivity contribution in [3.8, 4) is 0 Å². The number of hydrogen-bond acceptors (Lipinski definition) is 18. The van der Waals surface area contributed by atoms with Crippen molar-refractivity contribution in [2.45, 2.75) is 138 Å². The molecule has 4 N–H and O–H groups in total. The summed E-state index contributed by atoms with van der Waals surface area (Å²) in [5, 5.41) is 42.8. The molecular formula is C40H52O18. The van der Waals surface area contributed by atoms with Gasteiger partial charge in [0.05, 0.1) is 37.9 Å². The zero-order valence-electron chi connectivity index (χ0n) is 32.7. The van der Waals surface area contributed by atoms with Gasteiger partial charge in [-0.05, 0) is 37.8 Å². The lowest BCUT2D eigenvalue weighted by molar-refractivity contribution is -0.360. The summed E-state index contributed by atoms with van der Waals surface area (Å²) in [4.78, 5) is 50.9. The molecule has 7 rings (SSSR count). The number of aliphatic hydroxyl groups is 4. The molecule has 5 heterocycles. The Kier molecular flexibility index (Phi) is 12.6. The molecule has 320 valence electrons. The lowest BCUT2D eigenvalue weighted by Crippen LogP contribution is -2.65. The van der Waals surface area contributed by atoms with Crippen molar-refractivity contribution in [3.05, 3.63) is 42.0 Å². The summed E-state index contributed by atoms with van der Waals surface area (Å²) >= 11 is 0. The van der Waals surface area contributed by atoms with E-state index in [1.165, 1.54) is 13.0 Å². The lowest BCUT2D eigenvalue weighted by Gasteiger charge is -2.46. The van der Waals surface area contributed by atoms with Crippen LogP contribution in [0.4, 0.5) is 0 Å². The molecule has 1 saturated carbocycles. The van der Waals surface area contributed by atoms with Gasteiger partial charge in [-0.1, -0.05) is 37.3 Å². The Morgan fingerprint density at radius 1 is 0.845 bits per heavy atom. The predicted octanol–water partition coefficient (Wildman–Crippen LogP) is 0.285. The largest absolute Gasteiger partial charge is 0.459 e. The molecule has 0 amide bonds. The van der Waals surface area contributed by atoms with Crippen molar-refractivity contribution in [1.82, 2.24) is 0 Å². The second-order valence-corrected chi connectivity index (χ2v) is 16.0. The lowest BCUT2D eigenvalue weighted by atomic mass is 9.72. The van der Waals surface area contributed by atoms with Gasteiger partial charge in [0, 0.05) is 38.2 Å². The van der Waals surface area contributed by atoms with Gasteiger partial charge >= 0.3 is 23.9 Å². The van der Waals surface area contributed by atoms with Crippen LogP contribution in [0.5, 0.6) is 0 Å². The normalized spacial score (nSPS) is 43.4. The Labute approximate surface area is 334 Å². The van der Waals surface area contributed by atoms with E-state index in [4.69, 9.17) is 47.4 Å². The minimum atomic E-state index is -1.78. The molecule has 2 spiro atoms. The predicted molar refractivity (Wildman–Crippen MR) is 192 cm³/mol. The van der Waals surface area contributed by atoms with Crippen molar-refractivity contribution >= 4 is 30.0 Å². The van der Waals surface area contributed by atoms with E-state index in [0.29, 0.717) is 19.4 Å². The summed E-state index contributed by atoms with van der Waals surface area (Å²) in [5.74, 6) is -5.13. The van der Waals surface area contributed by atoms with Gasteiger partial charge in [0.2, 0.25) is 12.1 Å².